The molecule has 2 aromatic rings. The van der Waals surface area contributed by atoms with Crippen molar-refractivity contribution in [1.82, 2.24) is 0 Å². The molecule has 2 rings (SSSR count). The summed E-state index contributed by atoms with van der Waals surface area (Å²) in [7, 11) is 0. The number of anilines is 2. The molecule has 0 radical (unpaired) electrons. The molecule has 0 unspecified atom stereocenters. The number of nitro groups is 1. The van der Waals surface area contributed by atoms with Crippen LogP contribution in [0.25, 0.3) is 0 Å². The molecule has 0 heterocycles. The average molecular weight is 306 g/mol. The summed E-state index contributed by atoms with van der Waals surface area (Å²) in [4.78, 5) is 21.8. The minimum atomic E-state index is -0.631. The molecular weight excluding hydrogens is 296 g/mol. The maximum Gasteiger partial charge on any atom is 0.294 e. The van der Waals surface area contributed by atoms with Gasteiger partial charge >= 0.3 is 0 Å². The van der Waals surface area contributed by atoms with Crippen LogP contribution in [-0.4, -0.2) is 10.7 Å². The Hall–Kier alpha value is -3.71. The van der Waals surface area contributed by atoms with Gasteiger partial charge in [-0.1, -0.05) is 0 Å². The molecule has 0 fully saturated rings. The Bertz CT molecular complexity index is 874. The van der Waals surface area contributed by atoms with Crippen LogP contribution in [-0.2, 0) is 0 Å². The molecule has 0 atom stereocenters. The van der Waals surface area contributed by atoms with Gasteiger partial charge in [-0.2, -0.15) is 10.5 Å². The third-order valence-corrected chi connectivity index (χ3v) is 3.14. The molecule has 0 saturated carbocycles. The number of nitrogens with zero attached hydrogens (tertiary/aromatic N) is 3. The standard InChI is InChI=1S/C16H10N4O3/c1-10(21)11-2-4-14(5-3-11)19-15-6-12(8-17)13(9-18)7-16(15)20(22)23/h2-7,19H,1H3. The van der Waals surface area contributed by atoms with Crippen LogP contribution in [0.2, 0.25) is 0 Å². The van der Waals surface area contributed by atoms with Crippen molar-refractivity contribution in [3.63, 3.8) is 0 Å². The van der Waals surface area contributed by atoms with Crippen LogP contribution in [0.15, 0.2) is 36.4 Å². The van der Waals surface area contributed by atoms with Gasteiger partial charge in [0.25, 0.3) is 5.69 Å². The predicted octanol–water partition coefficient (Wildman–Crippen LogP) is 3.28. The first-order valence-corrected chi connectivity index (χ1v) is 6.47. The van der Waals surface area contributed by atoms with E-state index in [9.17, 15) is 14.9 Å². The van der Waals surface area contributed by atoms with Gasteiger partial charge in [-0.25, -0.2) is 0 Å². The molecule has 1 N–H and O–H groups in total. The van der Waals surface area contributed by atoms with Gasteiger partial charge in [0, 0.05) is 17.3 Å². The third kappa shape index (κ3) is 3.31. The van der Waals surface area contributed by atoms with Gasteiger partial charge in [0.2, 0.25) is 0 Å². The zero-order valence-electron chi connectivity index (χ0n) is 12.0. The Balaban J connectivity index is 2.46. The van der Waals surface area contributed by atoms with Crippen LogP contribution < -0.4 is 5.32 Å². The molecule has 112 valence electrons. The van der Waals surface area contributed by atoms with Crippen molar-refractivity contribution in [2.45, 2.75) is 6.92 Å². The third-order valence-electron chi connectivity index (χ3n) is 3.14. The first-order chi connectivity index (χ1) is 11.0. The molecule has 0 aliphatic carbocycles. The average Bonchev–Trinajstić information content (AvgIpc) is 2.54. The highest BCUT2D eigenvalue weighted by atomic mass is 16.6. The lowest BCUT2D eigenvalue weighted by Gasteiger charge is -2.09. The molecule has 7 nitrogen and oxygen atoms in total. The smallest absolute Gasteiger partial charge is 0.294 e. The summed E-state index contributed by atoms with van der Waals surface area (Å²) >= 11 is 0. The number of carbonyl (C=O) groups excluding carboxylic acids is 1. The number of hydrogen-bond donors (Lipinski definition) is 1. The first-order valence-electron chi connectivity index (χ1n) is 6.47. The van der Waals surface area contributed by atoms with Crippen LogP contribution in [0.1, 0.15) is 28.4 Å². The molecule has 0 aliphatic heterocycles. The molecule has 0 bridgehead atoms. The van der Waals surface area contributed by atoms with E-state index >= 15 is 0 Å². The second-order valence-corrected chi connectivity index (χ2v) is 4.65. The maximum absolute atomic E-state index is 11.2. The number of nitriles is 2. The van der Waals surface area contributed by atoms with Gasteiger partial charge in [-0.3, -0.25) is 14.9 Å². The highest BCUT2D eigenvalue weighted by Gasteiger charge is 2.18. The fraction of sp³-hybridized carbons (Fsp3) is 0.0625. The Morgan fingerprint density at radius 3 is 2.17 bits per heavy atom. The van der Waals surface area contributed by atoms with Gasteiger partial charge in [0.1, 0.15) is 17.8 Å². The SMILES string of the molecule is CC(=O)c1ccc(Nc2cc(C#N)c(C#N)cc2[N+](=O)[O-])cc1. The van der Waals surface area contributed by atoms with E-state index < -0.39 is 4.92 Å². The molecule has 2 aromatic carbocycles. The quantitative estimate of drug-likeness (QED) is 0.525. The molecule has 0 spiro atoms. The summed E-state index contributed by atoms with van der Waals surface area (Å²) in [5, 5.41) is 32.0. The molecule has 23 heavy (non-hydrogen) atoms. The first kappa shape index (κ1) is 15.7. The Morgan fingerprint density at radius 2 is 1.70 bits per heavy atom. The highest BCUT2D eigenvalue weighted by molar-refractivity contribution is 5.94. The lowest BCUT2D eigenvalue weighted by Crippen LogP contribution is -2.00. The van der Waals surface area contributed by atoms with E-state index in [1.54, 1.807) is 30.3 Å². The summed E-state index contributed by atoms with van der Waals surface area (Å²) in [5.74, 6) is -0.0901. The second kappa shape index (κ2) is 6.37. The van der Waals surface area contributed by atoms with E-state index in [-0.39, 0.29) is 28.3 Å². The number of Topliss-reactive ketones (excluding diaryl/α,β-unsaturated/α-hetero) is 1. The number of rotatable bonds is 4. The predicted molar refractivity (Wildman–Crippen MR) is 82.3 cm³/mol. The van der Waals surface area contributed by atoms with E-state index in [0.717, 1.165) is 6.07 Å². The number of benzene rings is 2. The van der Waals surface area contributed by atoms with Crippen molar-refractivity contribution in [3.05, 3.63) is 63.2 Å². The summed E-state index contributed by atoms with van der Waals surface area (Å²) in [5.41, 5.74) is 0.809. The summed E-state index contributed by atoms with van der Waals surface area (Å²) < 4.78 is 0. The van der Waals surface area contributed by atoms with E-state index in [2.05, 4.69) is 5.32 Å². The molecule has 7 heteroatoms. The van der Waals surface area contributed by atoms with Crippen LogP contribution in [0.3, 0.4) is 0 Å². The van der Waals surface area contributed by atoms with E-state index in [0.29, 0.717) is 11.3 Å². The van der Waals surface area contributed by atoms with Crippen molar-refractivity contribution in [2.75, 3.05) is 5.32 Å². The number of nitro benzene ring substituents is 1. The molecular formula is C16H10N4O3. The van der Waals surface area contributed by atoms with E-state index in [1.807, 2.05) is 6.07 Å². The largest absolute Gasteiger partial charge is 0.350 e. The van der Waals surface area contributed by atoms with Gasteiger partial charge in [0.15, 0.2) is 5.78 Å². The van der Waals surface area contributed by atoms with Crippen LogP contribution in [0, 0.1) is 32.8 Å². The van der Waals surface area contributed by atoms with E-state index in [4.69, 9.17) is 10.5 Å². The van der Waals surface area contributed by atoms with Gasteiger partial charge in [-0.15, -0.1) is 0 Å². The molecule has 0 aliphatic rings. The van der Waals surface area contributed by atoms with Gasteiger partial charge in [-0.05, 0) is 37.3 Å². The molecule has 0 aromatic heterocycles. The fourth-order valence-electron chi connectivity index (χ4n) is 1.97. The van der Waals surface area contributed by atoms with Crippen molar-refractivity contribution in [2.24, 2.45) is 0 Å². The minimum absolute atomic E-state index is 0.0426. The van der Waals surface area contributed by atoms with Gasteiger partial charge < -0.3 is 5.32 Å². The fourth-order valence-corrected chi connectivity index (χ4v) is 1.97. The lowest BCUT2D eigenvalue weighted by atomic mass is 10.1. The highest BCUT2D eigenvalue weighted by Crippen LogP contribution is 2.30. The monoisotopic (exact) mass is 306 g/mol. The zero-order valence-corrected chi connectivity index (χ0v) is 12.0. The lowest BCUT2D eigenvalue weighted by molar-refractivity contribution is -0.383. The minimum Gasteiger partial charge on any atom is -0.350 e. The van der Waals surface area contributed by atoms with Crippen LogP contribution in [0.4, 0.5) is 17.1 Å². The topological polar surface area (TPSA) is 120 Å². The number of carbonyl (C=O) groups is 1. The molecule has 0 saturated heterocycles. The summed E-state index contributed by atoms with van der Waals surface area (Å²) in [6, 6.07) is 12.3. The Labute approximate surface area is 131 Å². The van der Waals surface area contributed by atoms with Crippen molar-refractivity contribution in [3.8, 4) is 12.1 Å². The van der Waals surface area contributed by atoms with Crippen molar-refractivity contribution < 1.29 is 9.72 Å². The number of nitrogens with one attached hydrogen (secondary N) is 1. The molecule has 0 amide bonds. The number of ketones is 1. The van der Waals surface area contributed by atoms with E-state index in [1.165, 1.54) is 13.0 Å². The maximum atomic E-state index is 11.2. The van der Waals surface area contributed by atoms with Crippen LogP contribution >= 0.6 is 0 Å². The Morgan fingerprint density at radius 1 is 1.13 bits per heavy atom. The Kier molecular flexibility index (Phi) is 4.34. The second-order valence-electron chi connectivity index (χ2n) is 4.65. The van der Waals surface area contributed by atoms with Crippen molar-refractivity contribution in [1.29, 1.82) is 10.5 Å². The summed E-state index contributed by atoms with van der Waals surface area (Å²) in [6.45, 7) is 1.44. The van der Waals surface area contributed by atoms with Gasteiger partial charge in [0.05, 0.1) is 16.1 Å². The summed E-state index contributed by atoms with van der Waals surface area (Å²) in [6.07, 6.45) is 0. The zero-order chi connectivity index (χ0) is 17.0. The van der Waals surface area contributed by atoms with Crippen molar-refractivity contribution >= 4 is 22.8 Å². The van der Waals surface area contributed by atoms with Crippen LogP contribution in [0.5, 0.6) is 0 Å². The number of hydrogen-bond acceptors (Lipinski definition) is 6. The normalized spacial score (nSPS) is 9.52.